The summed E-state index contributed by atoms with van der Waals surface area (Å²) in [5.41, 5.74) is 3.43. The predicted molar refractivity (Wildman–Crippen MR) is 78.2 cm³/mol. The van der Waals surface area contributed by atoms with Crippen LogP contribution < -0.4 is 5.32 Å². The number of benzene rings is 1. The van der Waals surface area contributed by atoms with Gasteiger partial charge in [0.2, 0.25) is 0 Å². The Hall–Kier alpha value is -2.10. The fraction of sp³-hybridized carbons (Fsp3) is 0.375. The molecule has 0 aliphatic heterocycles. The smallest absolute Gasteiger partial charge is 0.330 e. The zero-order valence-corrected chi connectivity index (χ0v) is 12.4. The lowest BCUT2D eigenvalue weighted by molar-refractivity contribution is -0.144. The van der Waals surface area contributed by atoms with Crippen molar-refractivity contribution in [1.82, 2.24) is 5.32 Å². The molecule has 0 aliphatic rings. The van der Waals surface area contributed by atoms with Crippen molar-refractivity contribution in [3.05, 3.63) is 47.0 Å². The van der Waals surface area contributed by atoms with Crippen LogP contribution in [0.25, 0.3) is 0 Å². The van der Waals surface area contributed by atoms with E-state index in [1.165, 1.54) is 17.2 Å². The summed E-state index contributed by atoms with van der Waals surface area (Å²) in [4.78, 5) is 22.8. The van der Waals surface area contributed by atoms with Gasteiger partial charge < -0.3 is 10.1 Å². The van der Waals surface area contributed by atoms with E-state index in [-0.39, 0.29) is 18.6 Å². The van der Waals surface area contributed by atoms with Gasteiger partial charge in [-0.05, 0) is 44.4 Å². The molecule has 0 spiro atoms. The summed E-state index contributed by atoms with van der Waals surface area (Å²) in [6.45, 7) is 7.42. The third-order valence-electron chi connectivity index (χ3n) is 3.06. The van der Waals surface area contributed by atoms with Gasteiger partial charge in [-0.3, -0.25) is 4.79 Å². The third-order valence-corrected chi connectivity index (χ3v) is 3.06. The second kappa shape index (κ2) is 7.48. The maximum atomic E-state index is 11.7. The molecule has 0 heterocycles. The van der Waals surface area contributed by atoms with E-state index in [9.17, 15) is 9.59 Å². The number of esters is 1. The molecule has 1 aromatic carbocycles. The first kappa shape index (κ1) is 16.0. The van der Waals surface area contributed by atoms with Gasteiger partial charge in [0.15, 0.2) is 6.61 Å². The third kappa shape index (κ3) is 4.88. The topological polar surface area (TPSA) is 55.4 Å². The van der Waals surface area contributed by atoms with Gasteiger partial charge >= 0.3 is 5.97 Å². The zero-order valence-electron chi connectivity index (χ0n) is 12.4. The summed E-state index contributed by atoms with van der Waals surface area (Å²) in [5.74, 6) is -0.824. The number of nitrogens with one attached hydrogen (secondary N) is 1. The first-order valence-electron chi connectivity index (χ1n) is 6.60. The van der Waals surface area contributed by atoms with Crippen LogP contribution in [0.2, 0.25) is 0 Å². The Morgan fingerprint density at radius 3 is 2.60 bits per heavy atom. The minimum Gasteiger partial charge on any atom is -0.452 e. The van der Waals surface area contributed by atoms with Gasteiger partial charge in [-0.2, -0.15) is 0 Å². The number of carbonyl (C=O) groups excluding carboxylic acids is 2. The van der Waals surface area contributed by atoms with Gasteiger partial charge in [0.1, 0.15) is 0 Å². The highest BCUT2D eigenvalue weighted by atomic mass is 16.5. The number of ether oxygens (including phenoxy) is 1. The van der Waals surface area contributed by atoms with Gasteiger partial charge in [0, 0.05) is 6.08 Å². The number of hydrogen-bond donors (Lipinski definition) is 1. The summed E-state index contributed by atoms with van der Waals surface area (Å²) in [7, 11) is 0. The molecule has 0 aliphatic carbocycles. The average Bonchev–Trinajstić information content (AvgIpc) is 2.40. The van der Waals surface area contributed by atoms with Gasteiger partial charge in [-0.15, -0.1) is 0 Å². The van der Waals surface area contributed by atoms with E-state index in [1.54, 1.807) is 13.0 Å². The Morgan fingerprint density at radius 2 is 2.00 bits per heavy atom. The van der Waals surface area contributed by atoms with Crippen molar-refractivity contribution in [2.45, 2.75) is 33.7 Å². The van der Waals surface area contributed by atoms with Crippen molar-refractivity contribution < 1.29 is 14.3 Å². The van der Waals surface area contributed by atoms with Crippen LogP contribution in [0.4, 0.5) is 0 Å². The molecule has 20 heavy (non-hydrogen) atoms. The molecule has 0 saturated heterocycles. The Bertz CT molecular complexity index is 520. The molecule has 0 radical (unpaired) electrons. The second-order valence-electron chi connectivity index (χ2n) is 4.74. The molecule has 1 atom stereocenters. The molecule has 1 rings (SSSR count). The first-order chi connectivity index (χ1) is 9.43. The Balaban J connectivity index is 2.52. The number of amides is 1. The summed E-state index contributed by atoms with van der Waals surface area (Å²) in [6.07, 6.45) is 2.85. The average molecular weight is 275 g/mol. The van der Waals surface area contributed by atoms with Gasteiger partial charge in [-0.25, -0.2) is 4.79 Å². The Kier molecular flexibility index (Phi) is 5.97. The summed E-state index contributed by atoms with van der Waals surface area (Å²) in [6, 6.07) is 5.94. The van der Waals surface area contributed by atoms with Crippen LogP contribution in [0.1, 0.15) is 36.6 Å². The fourth-order valence-electron chi connectivity index (χ4n) is 1.72. The van der Waals surface area contributed by atoms with E-state index in [4.69, 9.17) is 4.74 Å². The molecule has 4 nitrogen and oxygen atoms in total. The van der Waals surface area contributed by atoms with Crippen LogP contribution in [-0.4, -0.2) is 18.5 Å². The SMILES string of the molecule is C/C=C/C(=O)OCC(=O)NC(C)c1ccc(C)c(C)c1. The second-order valence-corrected chi connectivity index (χ2v) is 4.74. The Labute approximate surface area is 119 Å². The molecule has 1 N–H and O–H groups in total. The standard InChI is InChI=1S/C16H21NO3/c1-5-6-16(19)20-10-15(18)17-13(4)14-8-7-11(2)12(3)9-14/h5-9,13H,10H2,1-4H3,(H,17,18)/b6-5+. The molecule has 0 fully saturated rings. The molecule has 1 amide bonds. The quantitative estimate of drug-likeness (QED) is 0.664. The van der Waals surface area contributed by atoms with E-state index in [2.05, 4.69) is 5.32 Å². The normalized spacial score (nSPS) is 12.2. The van der Waals surface area contributed by atoms with Crippen LogP contribution in [0.5, 0.6) is 0 Å². The molecule has 108 valence electrons. The monoisotopic (exact) mass is 275 g/mol. The summed E-state index contributed by atoms with van der Waals surface area (Å²) < 4.78 is 4.79. The van der Waals surface area contributed by atoms with Crippen molar-refractivity contribution >= 4 is 11.9 Å². The minimum absolute atomic E-state index is 0.123. The van der Waals surface area contributed by atoms with Gasteiger partial charge in [0.05, 0.1) is 6.04 Å². The Morgan fingerprint density at radius 1 is 1.30 bits per heavy atom. The lowest BCUT2D eigenvalue weighted by Crippen LogP contribution is -2.31. The lowest BCUT2D eigenvalue weighted by Gasteiger charge is -2.15. The lowest BCUT2D eigenvalue weighted by atomic mass is 10.0. The van der Waals surface area contributed by atoms with Crippen molar-refractivity contribution in [2.24, 2.45) is 0 Å². The molecule has 1 aromatic rings. The molecular weight excluding hydrogens is 254 g/mol. The van der Waals surface area contributed by atoms with E-state index in [0.717, 1.165) is 5.56 Å². The van der Waals surface area contributed by atoms with Crippen molar-refractivity contribution in [2.75, 3.05) is 6.61 Å². The highest BCUT2D eigenvalue weighted by Gasteiger charge is 2.11. The van der Waals surface area contributed by atoms with Crippen LogP contribution in [0.15, 0.2) is 30.4 Å². The van der Waals surface area contributed by atoms with E-state index in [1.807, 2.05) is 39.0 Å². The number of aryl methyl sites for hydroxylation is 2. The highest BCUT2D eigenvalue weighted by Crippen LogP contribution is 2.16. The van der Waals surface area contributed by atoms with E-state index < -0.39 is 5.97 Å². The van der Waals surface area contributed by atoms with Gasteiger partial charge in [0.25, 0.3) is 5.91 Å². The van der Waals surface area contributed by atoms with Crippen LogP contribution in [0, 0.1) is 13.8 Å². The van der Waals surface area contributed by atoms with E-state index >= 15 is 0 Å². The highest BCUT2D eigenvalue weighted by molar-refractivity contribution is 5.85. The zero-order chi connectivity index (χ0) is 15.1. The number of hydrogen-bond acceptors (Lipinski definition) is 3. The van der Waals surface area contributed by atoms with E-state index in [0.29, 0.717) is 0 Å². The minimum atomic E-state index is -0.513. The van der Waals surface area contributed by atoms with Crippen LogP contribution in [-0.2, 0) is 14.3 Å². The molecule has 0 bridgehead atoms. The number of rotatable bonds is 5. The molecule has 0 aromatic heterocycles. The molecule has 1 unspecified atom stereocenters. The van der Waals surface area contributed by atoms with Crippen molar-refractivity contribution in [3.8, 4) is 0 Å². The summed E-state index contributed by atoms with van der Waals surface area (Å²) in [5, 5.41) is 2.80. The van der Waals surface area contributed by atoms with Crippen LogP contribution >= 0.6 is 0 Å². The van der Waals surface area contributed by atoms with Crippen LogP contribution in [0.3, 0.4) is 0 Å². The first-order valence-corrected chi connectivity index (χ1v) is 6.60. The molecular formula is C16H21NO3. The van der Waals surface area contributed by atoms with Gasteiger partial charge in [-0.1, -0.05) is 24.3 Å². The number of allylic oxidation sites excluding steroid dienone is 1. The molecule has 0 saturated carbocycles. The molecule has 4 heteroatoms. The largest absolute Gasteiger partial charge is 0.452 e. The predicted octanol–water partition coefficient (Wildman–Crippen LogP) is 2.60. The maximum Gasteiger partial charge on any atom is 0.330 e. The maximum absolute atomic E-state index is 11.7. The number of carbonyl (C=O) groups is 2. The summed E-state index contributed by atoms with van der Waals surface area (Å²) >= 11 is 0. The van der Waals surface area contributed by atoms with Crippen molar-refractivity contribution in [1.29, 1.82) is 0 Å². The van der Waals surface area contributed by atoms with Crippen molar-refractivity contribution in [3.63, 3.8) is 0 Å². The fourth-order valence-corrected chi connectivity index (χ4v) is 1.72.